The molecule has 0 saturated carbocycles. The van der Waals surface area contributed by atoms with E-state index in [1.165, 1.54) is 12.4 Å². The van der Waals surface area contributed by atoms with Gasteiger partial charge in [0.2, 0.25) is 0 Å². The number of carboxylic acids is 1. The highest BCUT2D eigenvalue weighted by Crippen LogP contribution is 2.39. The van der Waals surface area contributed by atoms with Crippen LogP contribution in [-0.2, 0) is 4.74 Å². The molecule has 1 aromatic rings. The molecular weight excluding hydrogens is 210 g/mol. The Bertz CT molecular complexity index is 437. The van der Waals surface area contributed by atoms with E-state index in [1.54, 1.807) is 0 Å². The number of hydrogen-bond donors (Lipinski definition) is 1. The highest BCUT2D eigenvalue weighted by molar-refractivity contribution is 5.86. The first kappa shape index (κ1) is 9.53. The fourth-order valence-corrected chi connectivity index (χ4v) is 2.14. The molecule has 1 aromatic heterocycles. The topological polar surface area (TPSA) is 75.5 Å². The lowest BCUT2D eigenvalue weighted by Gasteiger charge is -2.55. The Morgan fingerprint density at radius 2 is 2.19 bits per heavy atom. The Labute approximate surface area is 91.9 Å². The third-order valence-electron chi connectivity index (χ3n) is 3.06. The molecule has 2 aliphatic rings. The van der Waals surface area contributed by atoms with Crippen molar-refractivity contribution in [2.75, 3.05) is 31.2 Å². The predicted molar refractivity (Wildman–Crippen MR) is 54.5 cm³/mol. The van der Waals surface area contributed by atoms with Crippen molar-refractivity contribution in [2.45, 2.75) is 0 Å². The molecule has 6 heteroatoms. The van der Waals surface area contributed by atoms with E-state index in [4.69, 9.17) is 9.84 Å². The van der Waals surface area contributed by atoms with Crippen LogP contribution in [0, 0.1) is 5.41 Å². The van der Waals surface area contributed by atoms with Gasteiger partial charge in [-0.05, 0) is 0 Å². The highest BCUT2D eigenvalue weighted by atomic mass is 16.5. The first-order valence-corrected chi connectivity index (χ1v) is 5.07. The van der Waals surface area contributed by atoms with E-state index in [1.807, 2.05) is 0 Å². The van der Waals surface area contributed by atoms with Crippen LogP contribution in [0.25, 0.3) is 0 Å². The molecule has 0 unspecified atom stereocenters. The molecule has 6 nitrogen and oxygen atoms in total. The van der Waals surface area contributed by atoms with E-state index < -0.39 is 5.97 Å². The summed E-state index contributed by atoms with van der Waals surface area (Å²) in [6.45, 7) is 3.40. The average molecular weight is 221 g/mol. The van der Waals surface area contributed by atoms with Crippen LogP contribution in [0.3, 0.4) is 0 Å². The first-order chi connectivity index (χ1) is 7.69. The number of carboxylic acid groups (broad SMARTS) is 1. The van der Waals surface area contributed by atoms with Gasteiger partial charge in [-0.25, -0.2) is 14.8 Å². The summed E-state index contributed by atoms with van der Waals surface area (Å²) in [7, 11) is 0. The standard InChI is InChI=1S/C10H11N3O3/c14-9(15)7-1-8(12-6-11-7)13-2-10(3-13)4-16-5-10/h1,6H,2-5H2,(H,14,15). The molecule has 1 N–H and O–H groups in total. The average Bonchev–Trinajstić information content (AvgIpc) is 2.14. The van der Waals surface area contributed by atoms with Crippen molar-refractivity contribution in [1.82, 2.24) is 9.97 Å². The lowest BCUT2D eigenvalue weighted by atomic mass is 9.78. The summed E-state index contributed by atoms with van der Waals surface area (Å²) in [4.78, 5) is 20.6. The monoisotopic (exact) mass is 221 g/mol. The second-order valence-corrected chi connectivity index (χ2v) is 4.42. The van der Waals surface area contributed by atoms with E-state index in [0.29, 0.717) is 11.2 Å². The van der Waals surface area contributed by atoms with Crippen LogP contribution in [0.15, 0.2) is 12.4 Å². The molecule has 2 saturated heterocycles. The third kappa shape index (κ3) is 1.34. The normalized spacial score (nSPS) is 21.4. The Kier molecular flexibility index (Phi) is 1.88. The quantitative estimate of drug-likeness (QED) is 0.758. The fourth-order valence-electron chi connectivity index (χ4n) is 2.14. The summed E-state index contributed by atoms with van der Waals surface area (Å²) in [5.74, 6) is -0.337. The van der Waals surface area contributed by atoms with Gasteiger partial charge in [0.15, 0.2) is 5.69 Å². The number of anilines is 1. The molecule has 2 aliphatic heterocycles. The molecular formula is C10H11N3O3. The number of aromatic nitrogens is 2. The predicted octanol–water partition coefficient (Wildman–Crippen LogP) is 0.0114. The van der Waals surface area contributed by atoms with Crippen molar-refractivity contribution in [3.63, 3.8) is 0 Å². The zero-order valence-corrected chi connectivity index (χ0v) is 8.59. The molecule has 3 rings (SSSR count). The third-order valence-corrected chi connectivity index (χ3v) is 3.06. The summed E-state index contributed by atoms with van der Waals surface area (Å²) < 4.78 is 5.17. The number of nitrogens with zero attached hydrogens (tertiary/aromatic N) is 3. The van der Waals surface area contributed by atoms with Crippen molar-refractivity contribution in [3.8, 4) is 0 Å². The Hall–Kier alpha value is -1.69. The van der Waals surface area contributed by atoms with E-state index in [0.717, 1.165) is 26.3 Å². The van der Waals surface area contributed by atoms with Gasteiger partial charge in [-0.2, -0.15) is 0 Å². The SMILES string of the molecule is O=C(O)c1cc(N2CC3(COC3)C2)ncn1. The summed E-state index contributed by atoms with van der Waals surface area (Å²) >= 11 is 0. The zero-order valence-electron chi connectivity index (χ0n) is 8.59. The number of rotatable bonds is 2. The van der Waals surface area contributed by atoms with Gasteiger partial charge in [0.25, 0.3) is 0 Å². The summed E-state index contributed by atoms with van der Waals surface area (Å²) in [6, 6.07) is 1.51. The summed E-state index contributed by atoms with van der Waals surface area (Å²) in [5, 5.41) is 8.81. The minimum atomic E-state index is -1.02. The molecule has 0 atom stereocenters. The van der Waals surface area contributed by atoms with Crippen molar-refractivity contribution < 1.29 is 14.6 Å². The van der Waals surface area contributed by atoms with Crippen LogP contribution < -0.4 is 4.90 Å². The van der Waals surface area contributed by atoms with E-state index in [9.17, 15) is 4.79 Å². The minimum absolute atomic E-state index is 0.0378. The Morgan fingerprint density at radius 3 is 2.75 bits per heavy atom. The number of carbonyl (C=O) groups is 1. The van der Waals surface area contributed by atoms with Crippen LogP contribution in [0.5, 0.6) is 0 Å². The highest BCUT2D eigenvalue weighted by Gasteiger charge is 2.49. The molecule has 16 heavy (non-hydrogen) atoms. The molecule has 0 amide bonds. The summed E-state index contributed by atoms with van der Waals surface area (Å²) in [6.07, 6.45) is 1.29. The molecule has 2 fully saturated rings. The van der Waals surface area contributed by atoms with Crippen molar-refractivity contribution >= 4 is 11.8 Å². The maximum Gasteiger partial charge on any atom is 0.354 e. The van der Waals surface area contributed by atoms with Gasteiger partial charge in [-0.3, -0.25) is 0 Å². The first-order valence-electron chi connectivity index (χ1n) is 5.07. The molecule has 0 aromatic carbocycles. The van der Waals surface area contributed by atoms with Gasteiger partial charge in [-0.1, -0.05) is 0 Å². The van der Waals surface area contributed by atoms with Gasteiger partial charge >= 0.3 is 5.97 Å². The van der Waals surface area contributed by atoms with E-state index in [2.05, 4.69) is 14.9 Å². The summed E-state index contributed by atoms with van der Waals surface area (Å²) in [5.41, 5.74) is 0.338. The number of ether oxygens (including phenoxy) is 1. The van der Waals surface area contributed by atoms with Gasteiger partial charge in [-0.15, -0.1) is 0 Å². The van der Waals surface area contributed by atoms with Gasteiger partial charge in [0, 0.05) is 19.2 Å². The van der Waals surface area contributed by atoms with Crippen LogP contribution in [-0.4, -0.2) is 47.3 Å². The van der Waals surface area contributed by atoms with Crippen LogP contribution in [0.1, 0.15) is 10.5 Å². The van der Waals surface area contributed by atoms with Gasteiger partial charge in [0.1, 0.15) is 12.1 Å². The lowest BCUT2D eigenvalue weighted by Crippen LogP contribution is -2.66. The minimum Gasteiger partial charge on any atom is -0.477 e. The molecule has 0 aliphatic carbocycles. The maximum absolute atomic E-state index is 10.7. The van der Waals surface area contributed by atoms with Crippen LogP contribution >= 0.6 is 0 Å². The fraction of sp³-hybridized carbons (Fsp3) is 0.500. The maximum atomic E-state index is 10.7. The molecule has 1 spiro atoms. The van der Waals surface area contributed by atoms with E-state index in [-0.39, 0.29) is 5.69 Å². The number of aromatic carboxylic acids is 1. The van der Waals surface area contributed by atoms with Crippen LogP contribution in [0.2, 0.25) is 0 Å². The van der Waals surface area contributed by atoms with Crippen molar-refractivity contribution in [2.24, 2.45) is 5.41 Å². The molecule has 0 radical (unpaired) electrons. The van der Waals surface area contributed by atoms with Crippen LogP contribution in [0.4, 0.5) is 5.82 Å². The van der Waals surface area contributed by atoms with Gasteiger partial charge in [0.05, 0.1) is 18.6 Å². The van der Waals surface area contributed by atoms with Gasteiger partial charge < -0.3 is 14.7 Å². The second kappa shape index (κ2) is 3.15. The van der Waals surface area contributed by atoms with Crippen molar-refractivity contribution in [3.05, 3.63) is 18.1 Å². The largest absolute Gasteiger partial charge is 0.477 e. The zero-order chi connectivity index (χ0) is 11.2. The smallest absolute Gasteiger partial charge is 0.354 e. The molecule has 0 bridgehead atoms. The van der Waals surface area contributed by atoms with Crippen molar-refractivity contribution in [1.29, 1.82) is 0 Å². The molecule has 3 heterocycles. The second-order valence-electron chi connectivity index (χ2n) is 4.42. The number of hydrogen-bond acceptors (Lipinski definition) is 5. The van der Waals surface area contributed by atoms with E-state index >= 15 is 0 Å². The molecule has 84 valence electrons. The Balaban J connectivity index is 1.75. The Morgan fingerprint density at radius 1 is 1.44 bits per heavy atom. The lowest BCUT2D eigenvalue weighted by molar-refractivity contribution is -0.127.